The van der Waals surface area contributed by atoms with E-state index < -0.39 is 17.4 Å². The van der Waals surface area contributed by atoms with Crippen LogP contribution in [-0.4, -0.2) is 103 Å². The molecule has 0 aliphatic carbocycles. The Kier molecular flexibility index (Phi) is 16.8. The van der Waals surface area contributed by atoms with Gasteiger partial charge in [0.05, 0.1) is 0 Å². The van der Waals surface area contributed by atoms with Crippen LogP contribution >= 0.6 is 0 Å². The second-order valence-electron chi connectivity index (χ2n) is 4.56. The maximum atomic E-state index is 11.0. The van der Waals surface area contributed by atoms with Gasteiger partial charge in [-0.2, -0.15) is 0 Å². The summed E-state index contributed by atoms with van der Waals surface area (Å²) < 4.78 is 0. The molecule has 0 amide bonds. The summed E-state index contributed by atoms with van der Waals surface area (Å²) in [5, 5.41) is 18.0. The van der Waals surface area contributed by atoms with E-state index in [0.29, 0.717) is 6.42 Å². The fraction of sp³-hybridized carbons (Fsp3) is 0.833. The van der Waals surface area contributed by atoms with Crippen LogP contribution in [0.15, 0.2) is 0 Å². The third kappa shape index (κ3) is 7.38. The first-order chi connectivity index (χ1) is 7.37. The molecule has 0 spiro atoms. The molecule has 1 atom stereocenters. The molecule has 0 aliphatic heterocycles. The molecule has 1 unspecified atom stereocenters. The summed E-state index contributed by atoms with van der Waals surface area (Å²) in [5.74, 6) is -2.84. The Hall–Kier alpha value is 1.58. The number of carboxylic acids is 2. The van der Waals surface area contributed by atoms with Gasteiger partial charge in [0.25, 0.3) is 0 Å². The molecule has 0 aromatic rings. The topological polar surface area (TPSA) is 74.6 Å². The number of hydrogen-bond donors (Lipinski definition) is 2. The van der Waals surface area contributed by atoms with Crippen LogP contribution in [0.5, 0.6) is 0 Å². The number of carboxylic acid groups (broad SMARTS) is 2. The zero-order valence-corrected chi connectivity index (χ0v) is 10.3. The number of aliphatic carboxylic acids is 2. The Morgan fingerprint density at radius 1 is 1.11 bits per heavy atom. The predicted octanol–water partition coefficient (Wildman–Crippen LogP) is 1.47. The first kappa shape index (κ1) is 24.6. The molecular formula is C12H24KNaO4. The number of carbonyl (C=O) groups is 2. The molecule has 2 N–H and O–H groups in total. The van der Waals surface area contributed by atoms with Gasteiger partial charge >= 0.3 is 92.9 Å². The van der Waals surface area contributed by atoms with E-state index in [1.165, 1.54) is 6.92 Å². The Labute approximate surface area is 174 Å². The van der Waals surface area contributed by atoms with E-state index >= 15 is 0 Å². The van der Waals surface area contributed by atoms with E-state index in [4.69, 9.17) is 10.2 Å². The van der Waals surface area contributed by atoms with Crippen molar-refractivity contribution in [2.75, 3.05) is 0 Å². The van der Waals surface area contributed by atoms with Gasteiger partial charge in [-0.3, -0.25) is 9.59 Å². The molecule has 98 valence electrons. The van der Waals surface area contributed by atoms with Crippen molar-refractivity contribution in [3.8, 4) is 0 Å². The van der Waals surface area contributed by atoms with Gasteiger partial charge in [0.15, 0.2) is 5.41 Å². The molecule has 0 aromatic heterocycles. The quantitative estimate of drug-likeness (QED) is 0.404. The van der Waals surface area contributed by atoms with Gasteiger partial charge in [-0.1, -0.05) is 39.5 Å². The minimum atomic E-state index is -1.66. The summed E-state index contributed by atoms with van der Waals surface area (Å²) in [6.45, 7) is 5.10. The fourth-order valence-electron chi connectivity index (χ4n) is 1.68. The van der Waals surface area contributed by atoms with Crippen LogP contribution in [0.1, 0.15) is 52.9 Å². The van der Waals surface area contributed by atoms with Crippen molar-refractivity contribution in [3.05, 3.63) is 0 Å². The van der Waals surface area contributed by atoms with Crippen LogP contribution in [0.25, 0.3) is 0 Å². The van der Waals surface area contributed by atoms with Crippen molar-refractivity contribution in [2.24, 2.45) is 11.3 Å². The molecule has 0 saturated carbocycles. The Morgan fingerprint density at radius 3 is 1.89 bits per heavy atom. The molecule has 0 heterocycles. The van der Waals surface area contributed by atoms with Crippen LogP contribution in [0.4, 0.5) is 0 Å². The molecule has 0 bridgehead atoms. The van der Waals surface area contributed by atoms with Crippen molar-refractivity contribution < 1.29 is 19.8 Å². The molecule has 4 nitrogen and oxygen atoms in total. The number of hydrogen-bond acceptors (Lipinski definition) is 2. The average Bonchev–Trinajstić information content (AvgIpc) is 2.22. The Balaban J connectivity index is -0.00000112. The van der Waals surface area contributed by atoms with Crippen molar-refractivity contribution in [3.63, 3.8) is 0 Å². The van der Waals surface area contributed by atoms with Gasteiger partial charge in [0.2, 0.25) is 0 Å². The van der Waals surface area contributed by atoms with Crippen molar-refractivity contribution in [1.82, 2.24) is 0 Å². The molecule has 0 saturated heterocycles. The van der Waals surface area contributed by atoms with Gasteiger partial charge in [-0.25, -0.2) is 0 Å². The summed E-state index contributed by atoms with van der Waals surface area (Å²) in [7, 11) is 0. The first-order valence-corrected chi connectivity index (χ1v) is 5.84. The van der Waals surface area contributed by atoms with Crippen molar-refractivity contribution in [1.29, 1.82) is 0 Å². The number of unbranched alkanes of at least 4 members (excludes halogenated alkanes) is 3. The summed E-state index contributed by atoms with van der Waals surface area (Å²) in [4.78, 5) is 22.0. The van der Waals surface area contributed by atoms with Crippen LogP contribution < -0.4 is 0 Å². The van der Waals surface area contributed by atoms with Crippen LogP contribution in [0, 0.1) is 11.3 Å². The Morgan fingerprint density at radius 2 is 1.56 bits per heavy atom. The average molecular weight is 294 g/mol. The van der Waals surface area contributed by atoms with Crippen LogP contribution in [0.2, 0.25) is 0 Å². The molecular weight excluding hydrogens is 270 g/mol. The summed E-state index contributed by atoms with van der Waals surface area (Å²) in [5.41, 5.74) is -1.66. The van der Waals surface area contributed by atoms with Crippen LogP contribution in [0.3, 0.4) is 0 Å². The Bertz CT molecular complexity index is 244. The van der Waals surface area contributed by atoms with Gasteiger partial charge in [-0.15, -0.1) is 0 Å². The van der Waals surface area contributed by atoms with Crippen molar-refractivity contribution in [2.45, 2.75) is 52.9 Å². The molecule has 0 fully saturated rings. The van der Waals surface area contributed by atoms with Gasteiger partial charge in [0.1, 0.15) is 0 Å². The van der Waals surface area contributed by atoms with Crippen molar-refractivity contribution >= 4 is 92.9 Å². The molecule has 0 aromatic carbocycles. The first-order valence-electron chi connectivity index (χ1n) is 5.84. The van der Waals surface area contributed by atoms with Gasteiger partial charge < -0.3 is 10.2 Å². The molecule has 0 aliphatic rings. The van der Waals surface area contributed by atoms with E-state index in [-0.39, 0.29) is 86.9 Å². The van der Waals surface area contributed by atoms with E-state index in [0.717, 1.165) is 25.7 Å². The zero-order valence-electron chi connectivity index (χ0n) is 10.3. The summed E-state index contributed by atoms with van der Waals surface area (Å²) in [6, 6.07) is 0. The SMILES string of the molecule is CCCCCCC(C)C(C)(C(=O)O)C(=O)O.[KH].[NaH]. The molecule has 0 radical (unpaired) electrons. The molecule has 18 heavy (non-hydrogen) atoms. The van der Waals surface area contributed by atoms with Gasteiger partial charge in [0, 0.05) is 0 Å². The number of rotatable bonds is 8. The second kappa shape index (κ2) is 12.3. The van der Waals surface area contributed by atoms with E-state index in [2.05, 4.69) is 6.92 Å². The predicted molar refractivity (Wildman–Crippen MR) is 75.6 cm³/mol. The molecule has 6 heteroatoms. The zero-order chi connectivity index (χ0) is 12.8. The third-order valence-electron chi connectivity index (χ3n) is 3.36. The van der Waals surface area contributed by atoms with Gasteiger partial charge in [-0.05, 0) is 19.3 Å². The standard InChI is InChI=1S/C12H22O4.K.Na.2H/c1-4-5-6-7-8-9(2)12(3,10(13)14)11(15)16;;;;/h9H,4-8H2,1-3H3,(H,13,14)(H,15,16);;;;. The second-order valence-corrected chi connectivity index (χ2v) is 4.56. The third-order valence-corrected chi connectivity index (χ3v) is 3.36. The fourth-order valence-corrected chi connectivity index (χ4v) is 1.68. The maximum absolute atomic E-state index is 11.0. The van der Waals surface area contributed by atoms with E-state index in [1.807, 2.05) is 0 Å². The van der Waals surface area contributed by atoms with Crippen LogP contribution in [-0.2, 0) is 9.59 Å². The summed E-state index contributed by atoms with van der Waals surface area (Å²) in [6.07, 6.45) is 4.81. The monoisotopic (exact) mass is 294 g/mol. The minimum absolute atomic E-state index is 0. The normalized spacial score (nSPS) is 11.9. The van der Waals surface area contributed by atoms with E-state index in [9.17, 15) is 9.59 Å². The van der Waals surface area contributed by atoms with E-state index in [1.54, 1.807) is 6.92 Å². The molecule has 0 rings (SSSR count). The summed E-state index contributed by atoms with van der Waals surface area (Å²) >= 11 is 0.